The summed E-state index contributed by atoms with van der Waals surface area (Å²) in [7, 11) is 0. The molecule has 1 aromatic carbocycles. The van der Waals surface area contributed by atoms with Crippen molar-refractivity contribution in [1.29, 1.82) is 0 Å². The van der Waals surface area contributed by atoms with E-state index in [0.29, 0.717) is 25.4 Å². The predicted octanol–water partition coefficient (Wildman–Crippen LogP) is 3.15. The van der Waals surface area contributed by atoms with Gasteiger partial charge in [0.05, 0.1) is 11.7 Å². The fourth-order valence-corrected chi connectivity index (χ4v) is 3.35. The van der Waals surface area contributed by atoms with E-state index in [2.05, 4.69) is 5.32 Å². The number of furan rings is 1. The van der Waals surface area contributed by atoms with Crippen molar-refractivity contribution in [1.82, 2.24) is 10.2 Å². The molecule has 0 radical (unpaired) electrons. The number of hydrogen-bond acceptors (Lipinski definition) is 3. The van der Waals surface area contributed by atoms with E-state index in [0.717, 1.165) is 24.0 Å². The quantitative estimate of drug-likeness (QED) is 0.930. The number of benzene rings is 1. The van der Waals surface area contributed by atoms with Crippen LogP contribution in [0.4, 0.5) is 0 Å². The van der Waals surface area contributed by atoms with Gasteiger partial charge in [-0.3, -0.25) is 9.59 Å². The Morgan fingerprint density at radius 2 is 2.04 bits per heavy atom. The van der Waals surface area contributed by atoms with Crippen molar-refractivity contribution in [2.45, 2.75) is 33.2 Å². The third-order valence-electron chi connectivity index (χ3n) is 4.96. The molecule has 1 aliphatic heterocycles. The highest BCUT2D eigenvalue weighted by Crippen LogP contribution is 2.30. The zero-order chi connectivity index (χ0) is 17.9. The van der Waals surface area contributed by atoms with E-state index in [-0.39, 0.29) is 11.8 Å². The van der Waals surface area contributed by atoms with E-state index < -0.39 is 5.41 Å². The van der Waals surface area contributed by atoms with Crippen LogP contribution in [0.2, 0.25) is 0 Å². The summed E-state index contributed by atoms with van der Waals surface area (Å²) in [4.78, 5) is 27.0. The number of nitrogens with one attached hydrogen (secondary N) is 1. The van der Waals surface area contributed by atoms with Crippen molar-refractivity contribution in [3.63, 3.8) is 0 Å². The number of carbonyl (C=O) groups is 2. The lowest BCUT2D eigenvalue weighted by Crippen LogP contribution is -2.51. The zero-order valence-electron chi connectivity index (χ0n) is 14.7. The normalized spacial score (nSPS) is 20.3. The van der Waals surface area contributed by atoms with Gasteiger partial charge in [0.2, 0.25) is 5.91 Å². The maximum absolute atomic E-state index is 12.8. The number of nitrogens with zero attached hydrogens (tertiary/aromatic N) is 1. The van der Waals surface area contributed by atoms with Crippen molar-refractivity contribution in [2.75, 3.05) is 13.1 Å². The van der Waals surface area contributed by atoms with Gasteiger partial charge in [-0.1, -0.05) is 24.3 Å². The van der Waals surface area contributed by atoms with E-state index in [1.165, 1.54) is 6.26 Å². The Kier molecular flexibility index (Phi) is 4.93. The lowest BCUT2D eigenvalue weighted by molar-refractivity contribution is -0.132. The van der Waals surface area contributed by atoms with Gasteiger partial charge in [0.15, 0.2) is 5.76 Å². The molecule has 5 nitrogen and oxygen atoms in total. The van der Waals surface area contributed by atoms with Crippen molar-refractivity contribution in [3.8, 4) is 0 Å². The lowest BCUT2D eigenvalue weighted by Gasteiger charge is -2.39. The highest BCUT2D eigenvalue weighted by atomic mass is 16.3. The van der Waals surface area contributed by atoms with Crippen LogP contribution in [-0.2, 0) is 11.3 Å². The van der Waals surface area contributed by atoms with Gasteiger partial charge in [-0.2, -0.15) is 0 Å². The Labute approximate surface area is 148 Å². The summed E-state index contributed by atoms with van der Waals surface area (Å²) in [5.41, 5.74) is 1.69. The minimum atomic E-state index is -0.580. The van der Waals surface area contributed by atoms with E-state index in [1.807, 2.05) is 38.1 Å². The first-order valence-corrected chi connectivity index (χ1v) is 8.65. The van der Waals surface area contributed by atoms with Crippen LogP contribution in [0.25, 0.3) is 0 Å². The van der Waals surface area contributed by atoms with Gasteiger partial charge in [-0.05, 0) is 49.9 Å². The molecule has 1 atom stereocenters. The van der Waals surface area contributed by atoms with Crippen LogP contribution in [0.5, 0.6) is 0 Å². The van der Waals surface area contributed by atoms with Crippen molar-refractivity contribution in [2.24, 2.45) is 5.41 Å². The molecule has 1 aromatic heterocycles. The van der Waals surface area contributed by atoms with Gasteiger partial charge >= 0.3 is 0 Å². The Balaban J connectivity index is 1.64. The smallest absolute Gasteiger partial charge is 0.289 e. The van der Waals surface area contributed by atoms with Crippen LogP contribution < -0.4 is 5.32 Å². The van der Waals surface area contributed by atoms with Gasteiger partial charge in [0.25, 0.3) is 5.91 Å². The fourth-order valence-electron chi connectivity index (χ4n) is 3.35. The summed E-state index contributed by atoms with van der Waals surface area (Å²) >= 11 is 0. The first-order valence-electron chi connectivity index (χ1n) is 8.65. The van der Waals surface area contributed by atoms with E-state index in [4.69, 9.17) is 4.42 Å². The number of aryl methyl sites for hydroxylation is 1. The Hall–Kier alpha value is -2.56. The highest BCUT2D eigenvalue weighted by Gasteiger charge is 2.39. The molecular formula is C20H24N2O3. The summed E-state index contributed by atoms with van der Waals surface area (Å²) in [5, 5.41) is 3.04. The highest BCUT2D eigenvalue weighted by molar-refractivity contribution is 5.92. The monoisotopic (exact) mass is 340 g/mol. The molecule has 0 saturated carbocycles. The molecule has 0 bridgehead atoms. The number of hydrogen-bond donors (Lipinski definition) is 1. The average molecular weight is 340 g/mol. The Morgan fingerprint density at radius 1 is 1.24 bits per heavy atom. The molecule has 2 amide bonds. The molecule has 0 unspecified atom stereocenters. The average Bonchev–Trinajstić information content (AvgIpc) is 3.14. The Morgan fingerprint density at radius 3 is 2.76 bits per heavy atom. The Bertz CT molecular complexity index is 754. The van der Waals surface area contributed by atoms with Gasteiger partial charge in [0, 0.05) is 19.6 Å². The van der Waals surface area contributed by atoms with Gasteiger partial charge in [0.1, 0.15) is 0 Å². The molecule has 1 fully saturated rings. The number of piperidine rings is 1. The number of likely N-dealkylation sites (tertiary alicyclic amines) is 1. The van der Waals surface area contributed by atoms with Crippen molar-refractivity contribution in [3.05, 3.63) is 59.5 Å². The summed E-state index contributed by atoms with van der Waals surface area (Å²) in [6, 6.07) is 11.4. The summed E-state index contributed by atoms with van der Waals surface area (Å²) in [5.74, 6) is 0.167. The minimum absolute atomic E-state index is 0.00676. The van der Waals surface area contributed by atoms with Gasteiger partial charge in [-0.15, -0.1) is 0 Å². The molecule has 2 heterocycles. The molecule has 1 aliphatic rings. The minimum Gasteiger partial charge on any atom is -0.459 e. The van der Waals surface area contributed by atoms with Crippen LogP contribution in [0.15, 0.2) is 47.1 Å². The summed E-state index contributed by atoms with van der Waals surface area (Å²) in [6.45, 7) is 5.54. The van der Waals surface area contributed by atoms with Crippen molar-refractivity contribution < 1.29 is 14.0 Å². The summed E-state index contributed by atoms with van der Waals surface area (Å²) < 4.78 is 5.20. The second-order valence-electron chi connectivity index (χ2n) is 6.98. The topological polar surface area (TPSA) is 62.6 Å². The van der Waals surface area contributed by atoms with Crippen molar-refractivity contribution >= 4 is 11.8 Å². The van der Waals surface area contributed by atoms with Gasteiger partial charge < -0.3 is 14.6 Å². The standard InChI is InChI=1S/C20H24N2O3/c1-15-7-3-4-8-16(15)13-21-19(24)20(2)10-6-11-22(14-20)18(23)17-9-5-12-25-17/h3-5,7-9,12H,6,10-11,13-14H2,1-2H3,(H,21,24)/t20-/m1/s1. The molecule has 1 N–H and O–H groups in total. The van der Waals surface area contributed by atoms with Crippen LogP contribution in [0.1, 0.15) is 41.4 Å². The molecule has 0 aliphatic carbocycles. The molecule has 132 valence electrons. The summed E-state index contributed by atoms with van der Waals surface area (Å²) in [6.07, 6.45) is 3.07. The van der Waals surface area contributed by atoms with E-state index in [1.54, 1.807) is 17.0 Å². The van der Waals surface area contributed by atoms with Crippen LogP contribution in [0.3, 0.4) is 0 Å². The van der Waals surface area contributed by atoms with E-state index in [9.17, 15) is 9.59 Å². The van der Waals surface area contributed by atoms with E-state index >= 15 is 0 Å². The molecular weight excluding hydrogens is 316 g/mol. The van der Waals surface area contributed by atoms with Crippen LogP contribution >= 0.6 is 0 Å². The fraction of sp³-hybridized carbons (Fsp3) is 0.400. The van der Waals surface area contributed by atoms with Gasteiger partial charge in [-0.25, -0.2) is 0 Å². The second-order valence-corrected chi connectivity index (χ2v) is 6.98. The second kappa shape index (κ2) is 7.13. The maximum Gasteiger partial charge on any atom is 0.289 e. The molecule has 1 saturated heterocycles. The predicted molar refractivity (Wildman–Crippen MR) is 95.0 cm³/mol. The lowest BCUT2D eigenvalue weighted by atomic mass is 9.80. The molecule has 25 heavy (non-hydrogen) atoms. The largest absolute Gasteiger partial charge is 0.459 e. The molecule has 5 heteroatoms. The molecule has 0 spiro atoms. The zero-order valence-corrected chi connectivity index (χ0v) is 14.7. The van der Waals surface area contributed by atoms with Crippen LogP contribution in [-0.4, -0.2) is 29.8 Å². The molecule has 3 rings (SSSR count). The first kappa shape index (κ1) is 17.3. The maximum atomic E-state index is 12.8. The first-order chi connectivity index (χ1) is 12.0. The SMILES string of the molecule is Cc1ccccc1CNC(=O)[C@]1(C)CCCN(C(=O)c2ccco2)C1. The number of rotatable bonds is 4. The third-order valence-corrected chi connectivity index (χ3v) is 4.96. The third kappa shape index (κ3) is 3.76. The number of carbonyl (C=O) groups excluding carboxylic acids is 2. The molecule has 2 aromatic rings. The van der Waals surface area contributed by atoms with Crippen LogP contribution in [0, 0.1) is 12.3 Å². The number of amides is 2.